The van der Waals surface area contributed by atoms with Crippen LogP contribution in [0.2, 0.25) is 0 Å². The zero-order valence-electron chi connectivity index (χ0n) is 10.6. The summed E-state index contributed by atoms with van der Waals surface area (Å²) in [6.45, 7) is 2.03. The molecule has 0 radical (unpaired) electrons. The smallest absolute Gasteiger partial charge is 0.165 e. The van der Waals surface area contributed by atoms with Crippen LogP contribution in [0.1, 0.15) is 29.4 Å². The largest absolute Gasteiger partial charge is 0.294 e. The predicted octanol–water partition coefficient (Wildman–Crippen LogP) is 3.05. The number of nitrogens with zero attached hydrogens (tertiary/aromatic N) is 2. The third-order valence-corrected chi connectivity index (χ3v) is 3.37. The number of Topliss-reactive ketones (excluding diaryl/α,β-unsaturated/α-hetero) is 1. The minimum atomic E-state index is -0.322. The van der Waals surface area contributed by atoms with Gasteiger partial charge in [-0.3, -0.25) is 4.79 Å². The first-order chi connectivity index (χ1) is 9.13. The van der Waals surface area contributed by atoms with Crippen LogP contribution >= 0.6 is 0 Å². The maximum atomic E-state index is 13.2. The first kappa shape index (κ1) is 12.0. The van der Waals surface area contributed by atoms with Crippen LogP contribution in [-0.4, -0.2) is 16.0 Å². The molecule has 3 rings (SSSR count). The lowest BCUT2D eigenvalue weighted by Crippen LogP contribution is -2.20. The first-order valence-corrected chi connectivity index (χ1v) is 6.29. The minimum Gasteiger partial charge on any atom is -0.294 e. The fourth-order valence-electron chi connectivity index (χ4n) is 2.43. The van der Waals surface area contributed by atoms with E-state index in [2.05, 4.69) is 10.2 Å². The molecular formula is C15H13FN2O. The van der Waals surface area contributed by atoms with E-state index in [0.717, 1.165) is 12.1 Å². The molecule has 0 saturated heterocycles. The predicted molar refractivity (Wildman–Crippen MR) is 69.2 cm³/mol. The van der Waals surface area contributed by atoms with Gasteiger partial charge in [0.2, 0.25) is 0 Å². The van der Waals surface area contributed by atoms with Crippen molar-refractivity contribution >= 4 is 5.78 Å². The summed E-state index contributed by atoms with van der Waals surface area (Å²) >= 11 is 0. The Morgan fingerprint density at radius 2 is 2.05 bits per heavy atom. The van der Waals surface area contributed by atoms with Gasteiger partial charge in [-0.15, -0.1) is 0 Å². The van der Waals surface area contributed by atoms with Crippen LogP contribution in [0.15, 0.2) is 30.3 Å². The van der Waals surface area contributed by atoms with Gasteiger partial charge >= 0.3 is 0 Å². The van der Waals surface area contributed by atoms with Gasteiger partial charge in [0, 0.05) is 17.5 Å². The molecule has 3 nitrogen and oxygen atoms in total. The lowest BCUT2D eigenvalue weighted by molar-refractivity contribution is 0.0951. The number of hydrogen-bond donors (Lipinski definition) is 0. The number of aromatic nitrogens is 2. The Hall–Kier alpha value is -2.10. The molecule has 1 aliphatic rings. The lowest BCUT2D eigenvalue weighted by Gasteiger charge is -2.19. The van der Waals surface area contributed by atoms with Gasteiger partial charge in [-0.1, -0.05) is 19.1 Å². The minimum absolute atomic E-state index is 0.0984. The second-order valence-electron chi connectivity index (χ2n) is 5.04. The Balaban J connectivity index is 2.07. The highest BCUT2D eigenvalue weighted by Crippen LogP contribution is 2.26. The van der Waals surface area contributed by atoms with Crippen molar-refractivity contribution in [1.82, 2.24) is 10.2 Å². The molecule has 19 heavy (non-hydrogen) atoms. The molecule has 1 atom stereocenters. The molecular weight excluding hydrogens is 243 g/mol. The number of ketones is 1. The fraction of sp³-hybridized carbons (Fsp3) is 0.267. The monoisotopic (exact) mass is 256 g/mol. The molecule has 0 N–H and O–H groups in total. The number of carbonyl (C=O) groups is 1. The van der Waals surface area contributed by atoms with Gasteiger partial charge in [-0.2, -0.15) is 10.2 Å². The van der Waals surface area contributed by atoms with Gasteiger partial charge in [0.1, 0.15) is 5.82 Å². The number of hydrogen-bond acceptors (Lipinski definition) is 3. The molecule has 4 heteroatoms. The second kappa shape index (κ2) is 4.53. The summed E-state index contributed by atoms with van der Waals surface area (Å²) in [5.41, 5.74) is 2.57. The summed E-state index contributed by atoms with van der Waals surface area (Å²) in [5, 5.41) is 8.24. The van der Waals surface area contributed by atoms with Crippen LogP contribution in [0.3, 0.4) is 0 Å². The van der Waals surface area contributed by atoms with Gasteiger partial charge < -0.3 is 0 Å². The van der Waals surface area contributed by atoms with Gasteiger partial charge in [0.25, 0.3) is 0 Å². The van der Waals surface area contributed by atoms with Crippen LogP contribution in [0.5, 0.6) is 0 Å². The number of benzene rings is 1. The molecule has 1 heterocycles. The van der Waals surface area contributed by atoms with E-state index in [1.807, 2.05) is 6.92 Å². The molecule has 0 spiro atoms. The standard InChI is InChI=1S/C15H13FN2O/c1-9-5-14-12(15(19)6-9)8-13(17-18-14)10-3-2-4-11(16)7-10/h2-4,7-9H,5-6H2,1H3. The highest BCUT2D eigenvalue weighted by Gasteiger charge is 2.24. The van der Waals surface area contributed by atoms with Crippen molar-refractivity contribution in [3.05, 3.63) is 47.4 Å². The van der Waals surface area contributed by atoms with Crippen LogP contribution in [0.4, 0.5) is 4.39 Å². The van der Waals surface area contributed by atoms with Crippen molar-refractivity contribution in [2.24, 2.45) is 5.92 Å². The summed E-state index contributed by atoms with van der Waals surface area (Å²) in [6, 6.07) is 7.88. The van der Waals surface area contributed by atoms with Crippen LogP contribution in [0, 0.1) is 11.7 Å². The molecule has 1 aromatic heterocycles. The molecule has 1 aromatic carbocycles. The topological polar surface area (TPSA) is 42.9 Å². The molecule has 0 saturated carbocycles. The normalized spacial score (nSPS) is 18.2. The van der Waals surface area contributed by atoms with Crippen molar-refractivity contribution in [2.45, 2.75) is 19.8 Å². The molecule has 0 aliphatic heterocycles. The Morgan fingerprint density at radius 3 is 2.84 bits per heavy atom. The SMILES string of the molecule is CC1CC(=O)c2cc(-c3cccc(F)c3)nnc2C1. The van der Waals surface area contributed by atoms with Gasteiger partial charge in [0.05, 0.1) is 11.4 Å². The van der Waals surface area contributed by atoms with Gasteiger partial charge in [-0.25, -0.2) is 4.39 Å². The zero-order valence-corrected chi connectivity index (χ0v) is 10.6. The van der Waals surface area contributed by atoms with Crippen molar-refractivity contribution < 1.29 is 9.18 Å². The molecule has 1 unspecified atom stereocenters. The van der Waals surface area contributed by atoms with Gasteiger partial charge in [0.15, 0.2) is 5.78 Å². The lowest BCUT2D eigenvalue weighted by atomic mass is 9.87. The van der Waals surface area contributed by atoms with E-state index in [1.165, 1.54) is 12.1 Å². The van der Waals surface area contributed by atoms with Crippen LogP contribution in [0.25, 0.3) is 11.3 Å². The number of halogens is 1. The molecule has 0 bridgehead atoms. The highest BCUT2D eigenvalue weighted by molar-refractivity contribution is 5.98. The maximum Gasteiger partial charge on any atom is 0.165 e. The van der Waals surface area contributed by atoms with E-state index in [0.29, 0.717) is 29.2 Å². The Bertz CT molecular complexity index is 654. The molecule has 0 fully saturated rings. The average Bonchev–Trinajstić information content (AvgIpc) is 2.38. The number of fused-ring (bicyclic) bond motifs is 1. The van der Waals surface area contributed by atoms with E-state index in [1.54, 1.807) is 18.2 Å². The quantitative estimate of drug-likeness (QED) is 0.787. The molecule has 96 valence electrons. The van der Waals surface area contributed by atoms with E-state index in [9.17, 15) is 9.18 Å². The molecule has 2 aromatic rings. The van der Waals surface area contributed by atoms with Crippen molar-refractivity contribution in [2.75, 3.05) is 0 Å². The average molecular weight is 256 g/mol. The summed E-state index contributed by atoms with van der Waals surface area (Å²) < 4.78 is 13.2. The maximum absolute atomic E-state index is 13.2. The summed E-state index contributed by atoms with van der Waals surface area (Å²) in [4.78, 5) is 12.0. The van der Waals surface area contributed by atoms with Crippen molar-refractivity contribution in [1.29, 1.82) is 0 Å². The third kappa shape index (κ3) is 2.26. The second-order valence-corrected chi connectivity index (χ2v) is 5.04. The summed E-state index contributed by atoms with van der Waals surface area (Å²) in [7, 11) is 0. The Morgan fingerprint density at radius 1 is 1.21 bits per heavy atom. The summed E-state index contributed by atoms with van der Waals surface area (Å²) in [6.07, 6.45) is 1.32. The van der Waals surface area contributed by atoms with Crippen molar-refractivity contribution in [3.63, 3.8) is 0 Å². The highest BCUT2D eigenvalue weighted by atomic mass is 19.1. The van der Waals surface area contributed by atoms with Crippen LogP contribution in [-0.2, 0) is 6.42 Å². The van der Waals surface area contributed by atoms with E-state index >= 15 is 0 Å². The number of carbonyl (C=O) groups excluding carboxylic acids is 1. The third-order valence-electron chi connectivity index (χ3n) is 3.37. The van der Waals surface area contributed by atoms with Crippen LogP contribution < -0.4 is 0 Å². The Labute approximate surface area is 110 Å². The van der Waals surface area contributed by atoms with E-state index < -0.39 is 0 Å². The fourth-order valence-corrected chi connectivity index (χ4v) is 2.43. The molecule has 1 aliphatic carbocycles. The van der Waals surface area contributed by atoms with Gasteiger partial charge in [-0.05, 0) is 30.5 Å². The zero-order chi connectivity index (χ0) is 13.4. The summed E-state index contributed by atoms with van der Waals surface area (Å²) in [5.74, 6) is 0.0904. The Kier molecular flexibility index (Phi) is 2.85. The molecule has 0 amide bonds. The van der Waals surface area contributed by atoms with E-state index in [4.69, 9.17) is 0 Å². The van der Waals surface area contributed by atoms with Crippen molar-refractivity contribution in [3.8, 4) is 11.3 Å². The van der Waals surface area contributed by atoms with E-state index in [-0.39, 0.29) is 11.6 Å². The number of rotatable bonds is 1. The first-order valence-electron chi connectivity index (χ1n) is 6.29.